The number of primary amides is 1. The minimum atomic E-state index is -1.38. The Labute approximate surface area is 236 Å². The van der Waals surface area contributed by atoms with Gasteiger partial charge in [0.25, 0.3) is 0 Å². The Bertz CT molecular complexity index is 1510. The maximum Gasteiger partial charge on any atom is 0.217 e. The molecule has 216 valence electrons. The van der Waals surface area contributed by atoms with Crippen LogP contribution < -0.4 is 21.1 Å². The van der Waals surface area contributed by atoms with Crippen molar-refractivity contribution in [1.29, 1.82) is 0 Å². The third kappa shape index (κ3) is 5.65. The van der Waals surface area contributed by atoms with Crippen LogP contribution in [-0.4, -0.2) is 79.3 Å². The molecule has 4 atom stereocenters. The molecule has 1 saturated heterocycles. The highest BCUT2D eigenvalue weighted by Gasteiger charge is 2.45. The molecular formula is C28H33N7O6. The van der Waals surface area contributed by atoms with Crippen molar-refractivity contribution in [1.82, 2.24) is 19.5 Å². The number of carbonyl (C=O) groups is 1. The normalized spacial score (nSPS) is 20.4. The lowest BCUT2D eigenvalue weighted by Crippen LogP contribution is -2.33. The van der Waals surface area contributed by atoms with Gasteiger partial charge in [0.1, 0.15) is 30.4 Å². The van der Waals surface area contributed by atoms with E-state index in [4.69, 9.17) is 25.9 Å². The number of rotatable bonds is 11. The maximum absolute atomic E-state index is 11.1. The molecule has 1 aliphatic rings. The number of nitrogens with zero attached hydrogens (tertiary/aromatic N) is 5. The van der Waals surface area contributed by atoms with Gasteiger partial charge in [0.2, 0.25) is 11.9 Å². The Balaban J connectivity index is 1.57. The quantitative estimate of drug-likeness (QED) is 0.166. The van der Waals surface area contributed by atoms with E-state index in [-0.39, 0.29) is 35.3 Å². The van der Waals surface area contributed by atoms with Gasteiger partial charge in [-0.1, -0.05) is 36.4 Å². The van der Waals surface area contributed by atoms with Crippen LogP contribution in [0.1, 0.15) is 25.5 Å². The molecule has 0 unspecified atom stereocenters. The lowest BCUT2D eigenvalue weighted by Gasteiger charge is -2.26. The number of hydrogen-bond donors (Lipinski definition) is 5. The van der Waals surface area contributed by atoms with Crippen LogP contribution in [-0.2, 0) is 9.53 Å². The lowest BCUT2D eigenvalue weighted by atomic mass is 10.0. The summed E-state index contributed by atoms with van der Waals surface area (Å²) in [6.07, 6.45) is -2.08. The van der Waals surface area contributed by atoms with Crippen LogP contribution in [0.15, 0.2) is 54.9 Å². The van der Waals surface area contributed by atoms with E-state index in [1.54, 1.807) is 11.9 Å². The van der Waals surface area contributed by atoms with Crippen LogP contribution in [0.5, 0.6) is 5.75 Å². The minimum Gasteiger partial charge on any atom is -0.491 e. The van der Waals surface area contributed by atoms with E-state index >= 15 is 0 Å². The zero-order valence-electron chi connectivity index (χ0n) is 22.5. The van der Waals surface area contributed by atoms with Gasteiger partial charge in [-0.3, -0.25) is 9.36 Å². The second-order valence-corrected chi connectivity index (χ2v) is 9.82. The van der Waals surface area contributed by atoms with Crippen molar-refractivity contribution in [2.75, 3.05) is 30.9 Å². The minimum absolute atomic E-state index is 0.125. The number of nitrogen functional groups attached to an aromatic ring is 1. The molecule has 3 heterocycles. The first-order valence-electron chi connectivity index (χ1n) is 13.2. The highest BCUT2D eigenvalue weighted by atomic mass is 16.6. The number of amides is 1. The van der Waals surface area contributed by atoms with Crippen molar-refractivity contribution in [2.45, 2.75) is 43.8 Å². The molecule has 2 aromatic carbocycles. The van der Waals surface area contributed by atoms with Crippen molar-refractivity contribution in [3.05, 3.63) is 54.9 Å². The van der Waals surface area contributed by atoms with Gasteiger partial charge in [-0.15, -0.1) is 0 Å². The van der Waals surface area contributed by atoms with Crippen LogP contribution in [0.4, 0.5) is 17.5 Å². The van der Waals surface area contributed by atoms with E-state index in [1.165, 1.54) is 10.9 Å². The molecule has 1 fully saturated rings. The summed E-state index contributed by atoms with van der Waals surface area (Å²) in [4.78, 5) is 25.9. The molecule has 13 nitrogen and oxygen atoms in total. The van der Waals surface area contributed by atoms with Gasteiger partial charge in [0.15, 0.2) is 23.2 Å². The summed E-state index contributed by atoms with van der Waals surface area (Å²) in [6.45, 7) is -0.144. The Morgan fingerprint density at radius 3 is 2.59 bits per heavy atom. The number of unbranched alkanes of at least 4 members (excludes halogenated alkanes) is 1. The largest absolute Gasteiger partial charge is 0.491 e. The predicted molar refractivity (Wildman–Crippen MR) is 151 cm³/mol. The van der Waals surface area contributed by atoms with Crippen molar-refractivity contribution < 1.29 is 29.6 Å². The summed E-state index contributed by atoms with van der Waals surface area (Å²) in [5.74, 6) is 0.600. The number of ether oxygens (including phenoxy) is 2. The summed E-state index contributed by atoms with van der Waals surface area (Å²) in [5.41, 5.74) is 14.5. The summed E-state index contributed by atoms with van der Waals surface area (Å²) in [6, 6.07) is 15.6. The van der Waals surface area contributed by atoms with Gasteiger partial charge in [-0.2, -0.15) is 0 Å². The van der Waals surface area contributed by atoms with Crippen molar-refractivity contribution >= 4 is 34.5 Å². The van der Waals surface area contributed by atoms with Crippen LogP contribution in [0, 0.1) is 0 Å². The zero-order valence-corrected chi connectivity index (χ0v) is 22.5. The number of aromatic nitrogens is 4. The highest BCUT2D eigenvalue weighted by Crippen LogP contribution is 2.41. The van der Waals surface area contributed by atoms with Crippen LogP contribution in [0.25, 0.3) is 22.3 Å². The van der Waals surface area contributed by atoms with E-state index in [0.29, 0.717) is 30.9 Å². The van der Waals surface area contributed by atoms with E-state index in [2.05, 4.69) is 9.97 Å². The summed E-state index contributed by atoms with van der Waals surface area (Å²) in [5, 5.41) is 31.0. The molecule has 13 heteroatoms. The Morgan fingerprint density at radius 2 is 1.88 bits per heavy atom. The number of benzene rings is 2. The maximum atomic E-state index is 11.1. The highest BCUT2D eigenvalue weighted by molar-refractivity contribution is 5.85. The molecule has 2 aromatic heterocycles. The first kappa shape index (κ1) is 28.2. The molecule has 0 radical (unpaired) electrons. The molecule has 0 saturated carbocycles. The van der Waals surface area contributed by atoms with Crippen molar-refractivity contribution in [3.8, 4) is 16.9 Å². The Hall–Kier alpha value is -4.30. The topological polar surface area (TPSA) is 195 Å². The molecule has 7 N–H and O–H groups in total. The van der Waals surface area contributed by atoms with Gasteiger partial charge in [0.05, 0.1) is 18.9 Å². The number of imidazole rings is 1. The second kappa shape index (κ2) is 12.1. The monoisotopic (exact) mass is 563 g/mol. The SMILES string of the molecule is CN(c1ccc(-c2ccccc2)cc1OCCCCC(N)=O)c1nc2c(N)ncnc2n1[C@@H]1O[C@H](CO)[C@@H](O)[C@H]1O. The number of anilines is 3. The number of aliphatic hydroxyl groups is 3. The number of aliphatic hydroxyl groups excluding tert-OH is 3. The summed E-state index contributed by atoms with van der Waals surface area (Å²) in [7, 11) is 1.76. The number of fused-ring (bicyclic) bond motifs is 1. The zero-order chi connectivity index (χ0) is 29.1. The first-order chi connectivity index (χ1) is 19.8. The molecule has 0 aliphatic carbocycles. The molecule has 5 rings (SSSR count). The number of carbonyl (C=O) groups excluding carboxylic acids is 1. The summed E-state index contributed by atoms with van der Waals surface area (Å²) >= 11 is 0. The molecule has 0 bridgehead atoms. The fourth-order valence-corrected chi connectivity index (χ4v) is 4.89. The molecule has 0 spiro atoms. The average molecular weight is 564 g/mol. The van der Waals surface area contributed by atoms with E-state index in [1.807, 2.05) is 48.5 Å². The van der Waals surface area contributed by atoms with E-state index < -0.39 is 31.1 Å². The molecule has 1 aliphatic heterocycles. The fraction of sp³-hybridized carbons (Fsp3) is 0.357. The van der Waals surface area contributed by atoms with Crippen molar-refractivity contribution in [3.63, 3.8) is 0 Å². The number of nitrogens with two attached hydrogens (primary N) is 2. The molecule has 4 aromatic rings. The van der Waals surface area contributed by atoms with Gasteiger partial charge >= 0.3 is 0 Å². The Kier molecular flexibility index (Phi) is 8.31. The predicted octanol–water partition coefficient (Wildman–Crippen LogP) is 1.49. The fourth-order valence-electron chi connectivity index (χ4n) is 4.89. The second-order valence-electron chi connectivity index (χ2n) is 9.82. The van der Waals surface area contributed by atoms with E-state index in [0.717, 1.165) is 11.1 Å². The van der Waals surface area contributed by atoms with E-state index in [9.17, 15) is 20.1 Å². The molecule has 1 amide bonds. The average Bonchev–Trinajstić information content (AvgIpc) is 3.50. The van der Waals surface area contributed by atoms with Crippen LogP contribution in [0.2, 0.25) is 0 Å². The van der Waals surface area contributed by atoms with Gasteiger partial charge in [-0.25, -0.2) is 15.0 Å². The van der Waals surface area contributed by atoms with Crippen LogP contribution in [0.3, 0.4) is 0 Å². The third-order valence-corrected chi connectivity index (χ3v) is 7.06. The standard InChI is InChI=1S/C28H33N7O6/c1-34(18-11-10-17(16-7-3-2-4-8-16)13-19(18)40-12-6-5-9-21(29)37)28-33-22-25(30)31-15-32-26(22)35(28)27-24(39)23(38)20(14-36)41-27/h2-4,7-8,10-11,13,15,20,23-24,27,36,38-39H,5-6,9,12,14H2,1H3,(H2,29,37)(H2,30,31,32)/t20-,23-,24-,27-/m1/s1. The van der Waals surface area contributed by atoms with Crippen molar-refractivity contribution in [2.24, 2.45) is 5.73 Å². The first-order valence-corrected chi connectivity index (χ1v) is 13.2. The van der Waals surface area contributed by atoms with Gasteiger partial charge in [-0.05, 0) is 36.1 Å². The molecular weight excluding hydrogens is 530 g/mol. The number of hydrogen-bond acceptors (Lipinski definition) is 11. The smallest absolute Gasteiger partial charge is 0.217 e. The van der Waals surface area contributed by atoms with Crippen LogP contribution >= 0.6 is 0 Å². The summed E-state index contributed by atoms with van der Waals surface area (Å²) < 4.78 is 13.6. The Morgan fingerprint density at radius 1 is 1.10 bits per heavy atom. The third-order valence-electron chi connectivity index (χ3n) is 7.06. The lowest BCUT2D eigenvalue weighted by molar-refractivity contribution is -0.118. The van der Waals surface area contributed by atoms with Gasteiger partial charge < -0.3 is 41.2 Å². The molecule has 41 heavy (non-hydrogen) atoms. The van der Waals surface area contributed by atoms with Gasteiger partial charge in [0, 0.05) is 13.5 Å².